The number of rotatable bonds is 9. The average Bonchev–Trinajstić information content (AvgIpc) is 2.89. The lowest BCUT2D eigenvalue weighted by atomic mass is 10.1. The zero-order valence-corrected chi connectivity index (χ0v) is 21.3. The van der Waals surface area contributed by atoms with Crippen molar-refractivity contribution in [2.45, 2.75) is 25.9 Å². The van der Waals surface area contributed by atoms with E-state index in [1.54, 1.807) is 7.11 Å². The third-order valence-corrected chi connectivity index (χ3v) is 6.80. The number of thiocarbonyl (C=S) groups is 1. The molecule has 1 aliphatic rings. The SMILES string of the molecule is COc1ccc2[nH]c(=O)c(CN(CCCN3CCOCC3)C(=S)N[C@H](C)c3ccccc3)cc2c1. The first kappa shape index (κ1) is 25.2. The van der Waals surface area contributed by atoms with E-state index in [2.05, 4.69) is 39.2 Å². The number of fused-ring (bicyclic) bond motifs is 1. The van der Waals surface area contributed by atoms with Crippen LogP contribution in [0.2, 0.25) is 0 Å². The largest absolute Gasteiger partial charge is 0.497 e. The molecule has 2 heterocycles. The summed E-state index contributed by atoms with van der Waals surface area (Å²) in [5.41, 5.74) is 2.53. The number of benzene rings is 2. The standard InChI is InChI=1S/C27H34N4O3S/c1-20(21-7-4-3-5-8-21)28-27(35)31(12-6-11-30-13-15-34-16-14-30)19-23-17-22-18-24(33-2)9-10-25(22)29-26(23)32/h3-5,7-10,17-18,20H,6,11-16,19H2,1-2H3,(H,28,35)(H,29,32)/t20-/m1/s1. The first-order valence-electron chi connectivity index (χ1n) is 12.1. The lowest BCUT2D eigenvalue weighted by molar-refractivity contribution is 0.0367. The Labute approximate surface area is 212 Å². The van der Waals surface area contributed by atoms with Crippen molar-refractivity contribution in [3.05, 3.63) is 76.1 Å². The molecule has 4 rings (SSSR count). The van der Waals surface area contributed by atoms with Crippen LogP contribution in [-0.4, -0.2) is 66.4 Å². The Morgan fingerprint density at radius 2 is 1.97 bits per heavy atom. The molecule has 1 fully saturated rings. The van der Waals surface area contributed by atoms with Crippen molar-refractivity contribution in [2.24, 2.45) is 0 Å². The van der Waals surface area contributed by atoms with Crippen molar-refractivity contribution < 1.29 is 9.47 Å². The lowest BCUT2D eigenvalue weighted by Gasteiger charge is -2.30. The molecule has 186 valence electrons. The minimum Gasteiger partial charge on any atom is -0.497 e. The maximum absolute atomic E-state index is 12.9. The van der Waals surface area contributed by atoms with Crippen molar-refractivity contribution in [1.82, 2.24) is 20.1 Å². The summed E-state index contributed by atoms with van der Waals surface area (Å²) in [6, 6.07) is 17.9. The number of methoxy groups -OCH3 is 1. The molecule has 0 aliphatic carbocycles. The minimum atomic E-state index is -0.0975. The molecule has 1 saturated heterocycles. The van der Waals surface area contributed by atoms with E-state index in [1.807, 2.05) is 42.5 Å². The summed E-state index contributed by atoms with van der Waals surface area (Å²) < 4.78 is 10.8. The summed E-state index contributed by atoms with van der Waals surface area (Å²) in [5, 5.41) is 5.05. The maximum atomic E-state index is 12.9. The molecule has 0 unspecified atom stereocenters. The van der Waals surface area contributed by atoms with Gasteiger partial charge in [-0.2, -0.15) is 0 Å². The highest BCUT2D eigenvalue weighted by Crippen LogP contribution is 2.20. The minimum absolute atomic E-state index is 0.0598. The molecule has 7 nitrogen and oxygen atoms in total. The molecule has 2 aromatic carbocycles. The van der Waals surface area contributed by atoms with Gasteiger partial charge in [0, 0.05) is 42.6 Å². The van der Waals surface area contributed by atoms with E-state index in [1.165, 1.54) is 5.56 Å². The first-order chi connectivity index (χ1) is 17.0. The predicted molar refractivity (Wildman–Crippen MR) is 144 cm³/mol. The van der Waals surface area contributed by atoms with Gasteiger partial charge in [0.2, 0.25) is 0 Å². The third-order valence-electron chi connectivity index (χ3n) is 6.42. The highest BCUT2D eigenvalue weighted by atomic mass is 32.1. The van der Waals surface area contributed by atoms with Crippen LogP contribution in [0.3, 0.4) is 0 Å². The fourth-order valence-corrected chi connectivity index (χ4v) is 4.68. The summed E-state index contributed by atoms with van der Waals surface area (Å²) in [6.45, 7) is 7.74. The van der Waals surface area contributed by atoms with Crippen LogP contribution in [0.5, 0.6) is 5.75 Å². The van der Waals surface area contributed by atoms with Crippen molar-refractivity contribution in [1.29, 1.82) is 0 Å². The molecule has 0 spiro atoms. The fourth-order valence-electron chi connectivity index (χ4n) is 4.34. The van der Waals surface area contributed by atoms with Crippen LogP contribution in [0, 0.1) is 0 Å². The number of nitrogens with zero attached hydrogens (tertiary/aromatic N) is 2. The van der Waals surface area contributed by atoms with Crippen LogP contribution >= 0.6 is 12.2 Å². The summed E-state index contributed by atoms with van der Waals surface area (Å²) >= 11 is 5.85. The van der Waals surface area contributed by atoms with E-state index < -0.39 is 0 Å². The topological polar surface area (TPSA) is 69.8 Å². The molecule has 2 N–H and O–H groups in total. The van der Waals surface area contributed by atoms with Crippen molar-refractivity contribution in [2.75, 3.05) is 46.5 Å². The molecule has 0 radical (unpaired) electrons. The highest BCUT2D eigenvalue weighted by Gasteiger charge is 2.17. The zero-order valence-electron chi connectivity index (χ0n) is 20.5. The second-order valence-electron chi connectivity index (χ2n) is 8.89. The van der Waals surface area contributed by atoms with Gasteiger partial charge < -0.3 is 24.7 Å². The van der Waals surface area contributed by atoms with Gasteiger partial charge in [0.1, 0.15) is 5.75 Å². The quantitative estimate of drug-likeness (QED) is 0.440. The third kappa shape index (κ3) is 6.81. The van der Waals surface area contributed by atoms with Gasteiger partial charge in [0.05, 0.1) is 32.9 Å². The number of hydrogen-bond acceptors (Lipinski definition) is 5. The second-order valence-corrected chi connectivity index (χ2v) is 9.27. The van der Waals surface area contributed by atoms with Gasteiger partial charge in [-0.25, -0.2) is 0 Å². The molecule has 35 heavy (non-hydrogen) atoms. The van der Waals surface area contributed by atoms with Gasteiger partial charge in [-0.15, -0.1) is 0 Å². The number of pyridine rings is 1. The number of H-pyrrole nitrogens is 1. The molecule has 1 atom stereocenters. The van der Waals surface area contributed by atoms with E-state index >= 15 is 0 Å². The number of ether oxygens (including phenoxy) is 2. The normalized spacial score (nSPS) is 15.0. The summed E-state index contributed by atoms with van der Waals surface area (Å²) in [4.78, 5) is 20.4. The highest BCUT2D eigenvalue weighted by molar-refractivity contribution is 7.80. The van der Waals surface area contributed by atoms with E-state index in [0.29, 0.717) is 17.2 Å². The summed E-state index contributed by atoms with van der Waals surface area (Å²) in [7, 11) is 1.64. The number of nitrogens with one attached hydrogen (secondary N) is 2. The predicted octanol–water partition coefficient (Wildman–Crippen LogP) is 3.70. The molecular formula is C27H34N4O3S. The van der Waals surface area contributed by atoms with E-state index in [4.69, 9.17) is 21.7 Å². The lowest BCUT2D eigenvalue weighted by Crippen LogP contribution is -2.43. The Morgan fingerprint density at radius 1 is 1.20 bits per heavy atom. The van der Waals surface area contributed by atoms with E-state index in [9.17, 15) is 4.79 Å². The molecule has 0 saturated carbocycles. The Balaban J connectivity index is 1.51. The fraction of sp³-hybridized carbons (Fsp3) is 0.407. The molecule has 1 aliphatic heterocycles. The average molecular weight is 495 g/mol. The van der Waals surface area contributed by atoms with Gasteiger partial charge in [0.15, 0.2) is 5.11 Å². The van der Waals surface area contributed by atoms with Crippen LogP contribution in [0.15, 0.2) is 59.4 Å². The Morgan fingerprint density at radius 3 is 2.71 bits per heavy atom. The summed E-state index contributed by atoms with van der Waals surface area (Å²) in [6.07, 6.45) is 0.945. The molecule has 0 bridgehead atoms. The van der Waals surface area contributed by atoms with Gasteiger partial charge in [-0.3, -0.25) is 9.69 Å². The Hall–Kier alpha value is -2.94. The van der Waals surface area contributed by atoms with Crippen molar-refractivity contribution in [3.63, 3.8) is 0 Å². The second kappa shape index (κ2) is 12.2. The van der Waals surface area contributed by atoms with Gasteiger partial charge in [-0.1, -0.05) is 30.3 Å². The van der Waals surface area contributed by atoms with Crippen LogP contribution in [0.4, 0.5) is 0 Å². The van der Waals surface area contributed by atoms with Crippen LogP contribution < -0.4 is 15.6 Å². The monoisotopic (exact) mass is 494 g/mol. The molecule has 0 amide bonds. The molecule has 8 heteroatoms. The zero-order chi connectivity index (χ0) is 24.6. The van der Waals surface area contributed by atoms with Crippen LogP contribution in [0.25, 0.3) is 10.9 Å². The number of hydrogen-bond donors (Lipinski definition) is 2. The molecule has 1 aromatic heterocycles. The number of morpholine rings is 1. The number of aromatic nitrogens is 1. The van der Waals surface area contributed by atoms with Crippen molar-refractivity contribution >= 4 is 28.2 Å². The van der Waals surface area contributed by atoms with Gasteiger partial charge >= 0.3 is 0 Å². The Bertz CT molecular complexity index is 1180. The van der Waals surface area contributed by atoms with Crippen LogP contribution in [-0.2, 0) is 11.3 Å². The van der Waals surface area contributed by atoms with Crippen molar-refractivity contribution in [3.8, 4) is 5.75 Å². The molecular weight excluding hydrogens is 460 g/mol. The maximum Gasteiger partial charge on any atom is 0.253 e. The van der Waals surface area contributed by atoms with Crippen LogP contribution in [0.1, 0.15) is 30.5 Å². The summed E-state index contributed by atoms with van der Waals surface area (Å²) in [5.74, 6) is 0.756. The first-order valence-corrected chi connectivity index (χ1v) is 12.5. The van der Waals surface area contributed by atoms with Gasteiger partial charge in [0.25, 0.3) is 5.56 Å². The molecule has 3 aromatic rings. The van der Waals surface area contributed by atoms with Gasteiger partial charge in [-0.05, 0) is 55.4 Å². The van der Waals surface area contributed by atoms with E-state index in [-0.39, 0.29) is 11.6 Å². The number of aromatic amines is 1. The van der Waals surface area contributed by atoms with E-state index in [0.717, 1.165) is 62.5 Å². The smallest absolute Gasteiger partial charge is 0.253 e. The Kier molecular flexibility index (Phi) is 8.74.